The first-order valence-electron chi connectivity index (χ1n) is 5.96. The van der Waals surface area contributed by atoms with Gasteiger partial charge in [0.1, 0.15) is 0 Å². The summed E-state index contributed by atoms with van der Waals surface area (Å²) >= 11 is 0. The predicted octanol–water partition coefficient (Wildman–Crippen LogP) is 1.14. The molecule has 1 saturated heterocycles. The second-order valence-electron chi connectivity index (χ2n) is 4.49. The molecule has 1 heterocycles. The smallest absolute Gasteiger partial charge is 0.0586 e. The molecule has 16 heavy (non-hydrogen) atoms. The average Bonchev–Trinajstić information content (AvgIpc) is 2.77. The zero-order valence-electron chi connectivity index (χ0n) is 9.55. The molecule has 3 N–H and O–H groups in total. The summed E-state index contributed by atoms with van der Waals surface area (Å²) in [5, 5.41) is 9.24. The number of nitrogens with zero attached hydrogens (tertiary/aromatic N) is 1. The molecule has 0 radical (unpaired) electrons. The van der Waals surface area contributed by atoms with E-state index in [0.29, 0.717) is 6.04 Å². The summed E-state index contributed by atoms with van der Waals surface area (Å²) in [5.74, 6) is 0. The molecule has 0 aromatic heterocycles. The van der Waals surface area contributed by atoms with E-state index in [4.69, 9.17) is 5.73 Å². The van der Waals surface area contributed by atoms with Crippen LogP contribution in [0, 0.1) is 0 Å². The third-order valence-corrected chi connectivity index (χ3v) is 3.37. The summed E-state index contributed by atoms with van der Waals surface area (Å²) in [4.78, 5) is 2.30. The molecule has 2 atom stereocenters. The maximum atomic E-state index is 9.24. The van der Waals surface area contributed by atoms with Gasteiger partial charge in [0.05, 0.1) is 6.61 Å². The van der Waals surface area contributed by atoms with Crippen LogP contribution in [0.4, 0.5) is 0 Å². The Labute approximate surface area is 96.9 Å². The normalized spacial score (nSPS) is 23.5. The molecule has 0 saturated carbocycles. The van der Waals surface area contributed by atoms with Crippen LogP contribution in [0.25, 0.3) is 0 Å². The molecule has 1 fully saturated rings. The van der Waals surface area contributed by atoms with Crippen molar-refractivity contribution in [3.05, 3.63) is 35.9 Å². The van der Waals surface area contributed by atoms with Crippen LogP contribution in [-0.2, 0) is 0 Å². The number of aliphatic hydroxyl groups excluding tert-OH is 1. The van der Waals surface area contributed by atoms with Crippen molar-refractivity contribution < 1.29 is 5.11 Å². The summed E-state index contributed by atoms with van der Waals surface area (Å²) in [7, 11) is 0. The minimum absolute atomic E-state index is 0.0494. The standard InChI is InChI=1S/C13H20N2O/c14-13(11-5-2-1-3-6-11)9-15-8-4-7-12(15)10-16/h1-3,5-6,12-13,16H,4,7-10,14H2. The van der Waals surface area contributed by atoms with Crippen LogP contribution < -0.4 is 5.73 Å². The fourth-order valence-electron chi connectivity index (χ4n) is 2.40. The van der Waals surface area contributed by atoms with E-state index in [9.17, 15) is 5.11 Å². The van der Waals surface area contributed by atoms with Crippen molar-refractivity contribution in [1.29, 1.82) is 0 Å². The van der Waals surface area contributed by atoms with Crippen LogP contribution in [0.3, 0.4) is 0 Å². The van der Waals surface area contributed by atoms with Crippen molar-refractivity contribution in [2.24, 2.45) is 5.73 Å². The second-order valence-corrected chi connectivity index (χ2v) is 4.49. The molecule has 0 amide bonds. The molecule has 0 spiro atoms. The first kappa shape index (κ1) is 11.6. The predicted molar refractivity (Wildman–Crippen MR) is 65.1 cm³/mol. The van der Waals surface area contributed by atoms with E-state index in [2.05, 4.69) is 17.0 Å². The van der Waals surface area contributed by atoms with E-state index in [0.717, 1.165) is 19.5 Å². The summed E-state index contributed by atoms with van der Waals surface area (Å²) in [5.41, 5.74) is 7.34. The Hall–Kier alpha value is -0.900. The van der Waals surface area contributed by atoms with Crippen LogP contribution >= 0.6 is 0 Å². The Morgan fingerprint density at radius 1 is 1.38 bits per heavy atom. The highest BCUT2D eigenvalue weighted by Crippen LogP contribution is 2.20. The monoisotopic (exact) mass is 220 g/mol. The fraction of sp³-hybridized carbons (Fsp3) is 0.538. The van der Waals surface area contributed by atoms with Crippen LogP contribution in [0.1, 0.15) is 24.4 Å². The van der Waals surface area contributed by atoms with Crippen molar-refractivity contribution in [3.63, 3.8) is 0 Å². The van der Waals surface area contributed by atoms with Gasteiger partial charge >= 0.3 is 0 Å². The lowest BCUT2D eigenvalue weighted by atomic mass is 10.1. The van der Waals surface area contributed by atoms with Crippen molar-refractivity contribution >= 4 is 0 Å². The molecule has 1 aromatic rings. The third-order valence-electron chi connectivity index (χ3n) is 3.37. The lowest BCUT2D eigenvalue weighted by Crippen LogP contribution is -2.37. The average molecular weight is 220 g/mol. The molecule has 3 nitrogen and oxygen atoms in total. The Bertz CT molecular complexity index is 315. The number of benzene rings is 1. The molecule has 2 rings (SSSR count). The molecule has 2 unspecified atom stereocenters. The largest absolute Gasteiger partial charge is 0.395 e. The molecule has 3 heteroatoms. The van der Waals surface area contributed by atoms with Crippen molar-refractivity contribution in [2.75, 3.05) is 19.7 Å². The maximum Gasteiger partial charge on any atom is 0.0586 e. The first-order chi connectivity index (χ1) is 7.81. The van der Waals surface area contributed by atoms with E-state index in [-0.39, 0.29) is 12.6 Å². The fourth-order valence-corrected chi connectivity index (χ4v) is 2.40. The third kappa shape index (κ3) is 2.61. The van der Waals surface area contributed by atoms with E-state index < -0.39 is 0 Å². The minimum atomic E-state index is 0.0494. The number of rotatable bonds is 4. The number of hydrogen-bond acceptors (Lipinski definition) is 3. The van der Waals surface area contributed by atoms with Crippen molar-refractivity contribution in [1.82, 2.24) is 4.90 Å². The molecule has 0 bridgehead atoms. The zero-order chi connectivity index (χ0) is 11.4. The first-order valence-corrected chi connectivity index (χ1v) is 5.96. The number of hydrogen-bond donors (Lipinski definition) is 2. The minimum Gasteiger partial charge on any atom is -0.395 e. The van der Waals surface area contributed by atoms with Gasteiger partial charge in [-0.2, -0.15) is 0 Å². The molecule has 1 aromatic carbocycles. The summed E-state index contributed by atoms with van der Waals surface area (Å²) in [6.45, 7) is 2.16. The zero-order valence-corrected chi connectivity index (χ0v) is 9.55. The van der Waals surface area contributed by atoms with Gasteiger partial charge in [-0.3, -0.25) is 4.90 Å². The van der Waals surface area contributed by atoms with Crippen LogP contribution in [-0.4, -0.2) is 35.7 Å². The highest BCUT2D eigenvalue weighted by Gasteiger charge is 2.25. The van der Waals surface area contributed by atoms with Gasteiger partial charge < -0.3 is 10.8 Å². The van der Waals surface area contributed by atoms with Gasteiger partial charge in [0.25, 0.3) is 0 Å². The lowest BCUT2D eigenvalue weighted by molar-refractivity contribution is 0.153. The van der Waals surface area contributed by atoms with Gasteiger partial charge in [0.15, 0.2) is 0 Å². The maximum absolute atomic E-state index is 9.24. The Morgan fingerprint density at radius 3 is 2.81 bits per heavy atom. The molecule has 1 aliphatic heterocycles. The van der Waals surface area contributed by atoms with Crippen molar-refractivity contribution in [2.45, 2.75) is 24.9 Å². The second kappa shape index (κ2) is 5.43. The van der Waals surface area contributed by atoms with Crippen LogP contribution in [0.15, 0.2) is 30.3 Å². The number of likely N-dealkylation sites (tertiary alicyclic amines) is 1. The molecule has 0 aliphatic carbocycles. The van der Waals surface area contributed by atoms with Gasteiger partial charge in [-0.25, -0.2) is 0 Å². The van der Waals surface area contributed by atoms with Gasteiger partial charge in [0.2, 0.25) is 0 Å². The SMILES string of the molecule is NC(CN1CCCC1CO)c1ccccc1. The lowest BCUT2D eigenvalue weighted by Gasteiger charge is -2.26. The van der Waals surface area contributed by atoms with Gasteiger partial charge in [-0.15, -0.1) is 0 Å². The molecular weight excluding hydrogens is 200 g/mol. The van der Waals surface area contributed by atoms with E-state index in [1.54, 1.807) is 0 Å². The summed E-state index contributed by atoms with van der Waals surface area (Å²) in [6, 6.07) is 10.5. The Kier molecular flexibility index (Phi) is 3.93. The highest BCUT2D eigenvalue weighted by molar-refractivity contribution is 5.18. The Morgan fingerprint density at radius 2 is 2.12 bits per heavy atom. The molecule has 88 valence electrons. The van der Waals surface area contributed by atoms with Gasteiger partial charge in [0, 0.05) is 18.6 Å². The van der Waals surface area contributed by atoms with Crippen molar-refractivity contribution in [3.8, 4) is 0 Å². The van der Waals surface area contributed by atoms with Crippen LogP contribution in [0.5, 0.6) is 0 Å². The topological polar surface area (TPSA) is 49.5 Å². The summed E-state index contributed by atoms with van der Waals surface area (Å²) < 4.78 is 0. The summed E-state index contributed by atoms with van der Waals surface area (Å²) in [6.07, 6.45) is 2.27. The van der Waals surface area contributed by atoms with Gasteiger partial charge in [-0.05, 0) is 24.9 Å². The highest BCUT2D eigenvalue weighted by atomic mass is 16.3. The van der Waals surface area contributed by atoms with E-state index in [1.165, 1.54) is 12.0 Å². The molecular formula is C13H20N2O. The van der Waals surface area contributed by atoms with Crippen LogP contribution in [0.2, 0.25) is 0 Å². The number of nitrogens with two attached hydrogens (primary N) is 1. The van der Waals surface area contributed by atoms with E-state index in [1.807, 2.05) is 18.2 Å². The quantitative estimate of drug-likeness (QED) is 0.800. The van der Waals surface area contributed by atoms with E-state index >= 15 is 0 Å². The number of aliphatic hydroxyl groups is 1. The molecule has 1 aliphatic rings. The van der Waals surface area contributed by atoms with Gasteiger partial charge in [-0.1, -0.05) is 30.3 Å². The Balaban J connectivity index is 1.94.